The fraction of sp³-hybridized carbons (Fsp3) is 0.333. The molecule has 0 bridgehead atoms. The van der Waals surface area contributed by atoms with Crippen LogP contribution in [0.1, 0.15) is 17.8 Å². The predicted molar refractivity (Wildman–Crippen MR) is 64.3 cm³/mol. The normalized spacial score (nSPS) is 13.7. The average molecular weight is 272 g/mol. The molecular formula is C9H12N4O2S2. The number of thiazole rings is 1. The Morgan fingerprint density at radius 2 is 2.41 bits per heavy atom. The summed E-state index contributed by atoms with van der Waals surface area (Å²) in [5, 5.41) is 8.87. The highest BCUT2D eigenvalue weighted by atomic mass is 32.2. The fourth-order valence-electron chi connectivity index (χ4n) is 1.27. The summed E-state index contributed by atoms with van der Waals surface area (Å²) in [4.78, 5) is 4.29. The monoisotopic (exact) mass is 272 g/mol. The van der Waals surface area contributed by atoms with Crippen LogP contribution in [-0.4, -0.2) is 30.1 Å². The largest absolute Gasteiger partial charge is 0.284 e. The van der Waals surface area contributed by atoms with Crippen LogP contribution in [0.4, 0.5) is 0 Å². The Kier molecular flexibility index (Phi) is 3.55. The maximum absolute atomic E-state index is 11.8. The Hall–Kier alpha value is -1.25. The molecule has 0 aromatic carbocycles. The number of aromatic nitrogens is 3. The second-order valence-corrected chi connectivity index (χ2v) is 6.25. The zero-order valence-electron chi connectivity index (χ0n) is 9.12. The van der Waals surface area contributed by atoms with Crippen molar-refractivity contribution < 1.29 is 8.42 Å². The van der Waals surface area contributed by atoms with E-state index >= 15 is 0 Å². The lowest BCUT2D eigenvalue weighted by Crippen LogP contribution is -2.27. The van der Waals surface area contributed by atoms with Gasteiger partial charge in [0.05, 0.1) is 11.2 Å². The maximum Gasteiger partial charge on any atom is 0.243 e. The molecule has 6 nitrogen and oxygen atoms in total. The standard InChI is InChI=1S/C9H12N4O2S2/c1-7(9-10-2-3-16-9)4-13-17(14,15)8-5-11-12-6-8/h2-3,5-7,13H,4H2,1H3,(H,11,12). The molecule has 2 heterocycles. The van der Waals surface area contributed by atoms with Gasteiger partial charge in [-0.2, -0.15) is 5.10 Å². The van der Waals surface area contributed by atoms with Crippen LogP contribution in [0, 0.1) is 0 Å². The Bertz CT molecular complexity index is 548. The SMILES string of the molecule is CC(CNS(=O)(=O)c1cn[nH]c1)c1nccs1. The summed E-state index contributed by atoms with van der Waals surface area (Å²) in [7, 11) is -3.47. The molecule has 1 unspecified atom stereocenters. The van der Waals surface area contributed by atoms with Crippen LogP contribution in [0.3, 0.4) is 0 Å². The number of hydrogen-bond donors (Lipinski definition) is 2. The number of hydrogen-bond acceptors (Lipinski definition) is 5. The van der Waals surface area contributed by atoms with Crippen LogP contribution in [0.15, 0.2) is 28.9 Å². The van der Waals surface area contributed by atoms with Crippen molar-refractivity contribution in [1.82, 2.24) is 19.9 Å². The minimum Gasteiger partial charge on any atom is -0.284 e. The van der Waals surface area contributed by atoms with Crippen molar-refractivity contribution in [2.45, 2.75) is 17.7 Å². The summed E-state index contributed by atoms with van der Waals surface area (Å²) in [6, 6.07) is 0. The molecule has 2 rings (SSSR count). The molecular weight excluding hydrogens is 260 g/mol. The van der Waals surface area contributed by atoms with Crippen LogP contribution in [0.2, 0.25) is 0 Å². The Morgan fingerprint density at radius 1 is 1.59 bits per heavy atom. The van der Waals surface area contributed by atoms with Gasteiger partial charge in [-0.25, -0.2) is 18.1 Å². The smallest absolute Gasteiger partial charge is 0.243 e. The Labute approximate surface area is 103 Å². The molecule has 2 aromatic rings. The van der Waals surface area contributed by atoms with E-state index in [4.69, 9.17) is 0 Å². The minimum atomic E-state index is -3.47. The lowest BCUT2D eigenvalue weighted by atomic mass is 10.2. The first kappa shape index (κ1) is 12.2. The van der Waals surface area contributed by atoms with Gasteiger partial charge in [0.1, 0.15) is 4.90 Å². The fourth-order valence-corrected chi connectivity index (χ4v) is 3.00. The van der Waals surface area contributed by atoms with E-state index in [2.05, 4.69) is 19.9 Å². The molecule has 0 aliphatic heterocycles. The van der Waals surface area contributed by atoms with Crippen molar-refractivity contribution in [2.75, 3.05) is 6.54 Å². The molecule has 17 heavy (non-hydrogen) atoms. The number of sulfonamides is 1. The van der Waals surface area contributed by atoms with E-state index in [1.54, 1.807) is 6.20 Å². The van der Waals surface area contributed by atoms with Gasteiger partial charge in [-0.15, -0.1) is 11.3 Å². The van der Waals surface area contributed by atoms with Crippen molar-refractivity contribution >= 4 is 21.4 Å². The summed E-state index contributed by atoms with van der Waals surface area (Å²) in [5.41, 5.74) is 0. The molecule has 0 fully saturated rings. The molecule has 0 aliphatic carbocycles. The van der Waals surface area contributed by atoms with Gasteiger partial charge in [0.15, 0.2) is 0 Å². The van der Waals surface area contributed by atoms with Crippen LogP contribution in [0.5, 0.6) is 0 Å². The van der Waals surface area contributed by atoms with E-state index in [-0.39, 0.29) is 10.8 Å². The number of H-pyrrole nitrogens is 1. The Balaban J connectivity index is 1.99. The second kappa shape index (κ2) is 4.94. The van der Waals surface area contributed by atoms with E-state index in [9.17, 15) is 8.42 Å². The summed E-state index contributed by atoms with van der Waals surface area (Å²) in [6.45, 7) is 2.25. The highest BCUT2D eigenvalue weighted by Crippen LogP contribution is 2.17. The molecule has 0 saturated heterocycles. The van der Waals surface area contributed by atoms with Crippen molar-refractivity contribution in [1.29, 1.82) is 0 Å². The summed E-state index contributed by atoms with van der Waals surface area (Å²) in [5.74, 6) is 0.0525. The number of rotatable bonds is 5. The van der Waals surface area contributed by atoms with Gasteiger partial charge in [0.2, 0.25) is 10.0 Å². The third-order valence-corrected chi connectivity index (χ3v) is 4.63. The average Bonchev–Trinajstić information content (AvgIpc) is 2.97. The van der Waals surface area contributed by atoms with E-state index in [0.29, 0.717) is 6.54 Å². The lowest BCUT2D eigenvalue weighted by molar-refractivity contribution is 0.574. The second-order valence-electron chi connectivity index (χ2n) is 3.56. The van der Waals surface area contributed by atoms with Gasteiger partial charge < -0.3 is 0 Å². The van der Waals surface area contributed by atoms with Gasteiger partial charge in [0.25, 0.3) is 0 Å². The van der Waals surface area contributed by atoms with E-state index in [1.165, 1.54) is 23.7 Å². The molecule has 2 aromatic heterocycles. The van der Waals surface area contributed by atoms with Gasteiger partial charge >= 0.3 is 0 Å². The molecule has 2 N–H and O–H groups in total. The topological polar surface area (TPSA) is 87.7 Å². The predicted octanol–water partition coefficient (Wildman–Crippen LogP) is 0.948. The summed E-state index contributed by atoms with van der Waals surface area (Å²) >= 11 is 1.51. The molecule has 0 saturated carbocycles. The van der Waals surface area contributed by atoms with Crippen LogP contribution >= 0.6 is 11.3 Å². The lowest BCUT2D eigenvalue weighted by Gasteiger charge is -2.09. The number of aromatic amines is 1. The molecule has 8 heteroatoms. The van der Waals surface area contributed by atoms with Gasteiger partial charge in [0, 0.05) is 30.2 Å². The molecule has 1 atom stereocenters. The third kappa shape index (κ3) is 2.90. The zero-order valence-corrected chi connectivity index (χ0v) is 10.8. The summed E-state index contributed by atoms with van der Waals surface area (Å²) < 4.78 is 26.1. The number of nitrogens with zero attached hydrogens (tertiary/aromatic N) is 2. The van der Waals surface area contributed by atoms with E-state index in [0.717, 1.165) is 5.01 Å². The van der Waals surface area contributed by atoms with Crippen LogP contribution < -0.4 is 4.72 Å². The van der Waals surface area contributed by atoms with Crippen LogP contribution in [-0.2, 0) is 10.0 Å². The zero-order chi connectivity index (χ0) is 12.3. The van der Waals surface area contributed by atoms with E-state index in [1.807, 2.05) is 12.3 Å². The number of nitrogens with one attached hydrogen (secondary N) is 2. The maximum atomic E-state index is 11.8. The van der Waals surface area contributed by atoms with Crippen molar-refractivity contribution in [3.05, 3.63) is 29.0 Å². The quantitative estimate of drug-likeness (QED) is 0.848. The van der Waals surface area contributed by atoms with Gasteiger partial charge in [-0.3, -0.25) is 5.10 Å². The first-order valence-corrected chi connectivity index (χ1v) is 7.34. The highest BCUT2D eigenvalue weighted by molar-refractivity contribution is 7.89. The highest BCUT2D eigenvalue weighted by Gasteiger charge is 2.17. The van der Waals surface area contributed by atoms with Crippen molar-refractivity contribution in [2.24, 2.45) is 0 Å². The first-order valence-electron chi connectivity index (χ1n) is 4.97. The van der Waals surface area contributed by atoms with Crippen molar-refractivity contribution in [3.63, 3.8) is 0 Å². The molecule has 0 spiro atoms. The molecule has 92 valence electrons. The van der Waals surface area contributed by atoms with Crippen LogP contribution in [0.25, 0.3) is 0 Å². The third-order valence-electron chi connectivity index (χ3n) is 2.24. The first-order chi connectivity index (χ1) is 8.09. The van der Waals surface area contributed by atoms with Crippen molar-refractivity contribution in [3.8, 4) is 0 Å². The van der Waals surface area contributed by atoms with Gasteiger partial charge in [-0.05, 0) is 0 Å². The molecule has 0 amide bonds. The Morgan fingerprint density at radius 3 is 3.00 bits per heavy atom. The van der Waals surface area contributed by atoms with Gasteiger partial charge in [-0.1, -0.05) is 6.92 Å². The molecule has 0 radical (unpaired) electrons. The minimum absolute atomic E-state index is 0.0525. The summed E-state index contributed by atoms with van der Waals surface area (Å²) in [6.07, 6.45) is 4.33. The molecule has 0 aliphatic rings. The van der Waals surface area contributed by atoms with E-state index < -0.39 is 10.0 Å².